The minimum atomic E-state index is -0.806. The molecule has 0 aliphatic carbocycles. The lowest BCUT2D eigenvalue weighted by Crippen LogP contribution is -2.35. The van der Waals surface area contributed by atoms with Crippen molar-refractivity contribution in [1.29, 1.82) is 0 Å². The van der Waals surface area contributed by atoms with Crippen molar-refractivity contribution in [3.63, 3.8) is 0 Å². The Morgan fingerprint density at radius 1 is 1.50 bits per heavy atom. The minimum Gasteiger partial charge on any atom is -0.394 e. The van der Waals surface area contributed by atoms with E-state index < -0.39 is 18.3 Å². The van der Waals surface area contributed by atoms with Crippen molar-refractivity contribution in [2.24, 2.45) is 5.11 Å². The molecule has 4 atom stereocenters. The van der Waals surface area contributed by atoms with Crippen LogP contribution in [-0.2, 0) is 9.47 Å². The van der Waals surface area contributed by atoms with Crippen LogP contribution >= 0.6 is 0 Å². The Bertz CT molecular complexity index is 257. The molecule has 1 aliphatic heterocycles. The van der Waals surface area contributed by atoms with Gasteiger partial charge in [-0.1, -0.05) is 5.11 Å². The topological polar surface area (TPSA) is 108 Å². The molecule has 0 spiro atoms. The summed E-state index contributed by atoms with van der Waals surface area (Å²) in [5.74, 6) is 0. The standard InChI is InChI=1S/C9H17N3O4/c1-15-9-6(3-2-4-11-12-10)16-7(5-13)8(9)14/h6-9,13-14H,2-5H2,1H3/t6-,7-,8-,9+/m1/s1. The van der Waals surface area contributed by atoms with Crippen molar-refractivity contribution in [1.82, 2.24) is 0 Å². The van der Waals surface area contributed by atoms with Gasteiger partial charge in [0.15, 0.2) is 0 Å². The molecule has 0 bridgehead atoms. The summed E-state index contributed by atoms with van der Waals surface area (Å²) in [4.78, 5) is 2.65. The number of hydrogen-bond donors (Lipinski definition) is 2. The molecule has 92 valence electrons. The van der Waals surface area contributed by atoms with E-state index in [-0.39, 0.29) is 12.7 Å². The van der Waals surface area contributed by atoms with Gasteiger partial charge in [0.25, 0.3) is 0 Å². The summed E-state index contributed by atoms with van der Waals surface area (Å²) in [6.07, 6.45) is -0.784. The third-order valence-electron chi connectivity index (χ3n) is 2.70. The van der Waals surface area contributed by atoms with Crippen LogP contribution in [0.2, 0.25) is 0 Å². The molecule has 0 unspecified atom stereocenters. The maximum atomic E-state index is 9.73. The molecule has 7 heteroatoms. The van der Waals surface area contributed by atoms with E-state index in [1.807, 2.05) is 0 Å². The van der Waals surface area contributed by atoms with E-state index in [1.54, 1.807) is 0 Å². The zero-order valence-electron chi connectivity index (χ0n) is 9.19. The quantitative estimate of drug-likeness (QED) is 0.295. The van der Waals surface area contributed by atoms with Crippen LogP contribution < -0.4 is 0 Å². The molecule has 16 heavy (non-hydrogen) atoms. The Hall–Kier alpha value is -0.850. The van der Waals surface area contributed by atoms with Crippen LogP contribution in [0.1, 0.15) is 12.8 Å². The van der Waals surface area contributed by atoms with Gasteiger partial charge in [0.2, 0.25) is 0 Å². The first-order valence-electron chi connectivity index (χ1n) is 5.22. The van der Waals surface area contributed by atoms with Crippen LogP contribution in [0.25, 0.3) is 10.4 Å². The van der Waals surface area contributed by atoms with Gasteiger partial charge >= 0.3 is 0 Å². The van der Waals surface area contributed by atoms with Crippen LogP contribution in [0.15, 0.2) is 5.11 Å². The van der Waals surface area contributed by atoms with Crippen molar-refractivity contribution in [3.05, 3.63) is 10.4 Å². The van der Waals surface area contributed by atoms with Crippen molar-refractivity contribution >= 4 is 0 Å². The number of nitrogens with zero attached hydrogens (tertiary/aromatic N) is 3. The van der Waals surface area contributed by atoms with E-state index in [1.165, 1.54) is 7.11 Å². The number of azide groups is 1. The van der Waals surface area contributed by atoms with Crippen LogP contribution in [0.5, 0.6) is 0 Å². The Morgan fingerprint density at radius 3 is 2.81 bits per heavy atom. The van der Waals surface area contributed by atoms with Gasteiger partial charge in [0.05, 0.1) is 12.7 Å². The predicted octanol–water partition coefficient (Wildman–Crippen LogP) is 0.212. The first kappa shape index (κ1) is 13.2. The second kappa shape index (κ2) is 6.67. The fourth-order valence-electron chi connectivity index (χ4n) is 1.90. The summed E-state index contributed by atoms with van der Waals surface area (Å²) in [6, 6.07) is 0. The molecule has 2 N–H and O–H groups in total. The Labute approximate surface area is 93.6 Å². The molecule has 1 saturated heterocycles. The van der Waals surface area contributed by atoms with Crippen molar-refractivity contribution < 1.29 is 19.7 Å². The summed E-state index contributed by atoms with van der Waals surface area (Å²) in [6.45, 7) is 0.167. The Balaban J connectivity index is 2.42. The zero-order chi connectivity index (χ0) is 12.0. The maximum absolute atomic E-state index is 9.73. The molecule has 0 amide bonds. The third kappa shape index (κ3) is 3.07. The highest BCUT2D eigenvalue weighted by Crippen LogP contribution is 2.26. The van der Waals surface area contributed by atoms with Gasteiger partial charge in [0.1, 0.15) is 18.3 Å². The van der Waals surface area contributed by atoms with Crippen LogP contribution in [-0.4, -0.2) is 54.9 Å². The number of aliphatic hydroxyl groups is 2. The molecule has 1 heterocycles. The average Bonchev–Trinajstić information content (AvgIpc) is 2.60. The van der Waals surface area contributed by atoms with E-state index in [0.29, 0.717) is 19.4 Å². The van der Waals surface area contributed by atoms with Crippen molar-refractivity contribution in [3.8, 4) is 0 Å². The molecule has 0 aromatic carbocycles. The SMILES string of the molecule is CO[C@@H]1[C@H](O)[C@@H](CO)O[C@@H]1CCCN=[N+]=[N-]. The van der Waals surface area contributed by atoms with Gasteiger partial charge in [0, 0.05) is 18.6 Å². The molecule has 1 aliphatic rings. The van der Waals surface area contributed by atoms with Crippen molar-refractivity contribution in [2.75, 3.05) is 20.3 Å². The van der Waals surface area contributed by atoms with Crippen LogP contribution in [0.3, 0.4) is 0 Å². The second-order valence-corrected chi connectivity index (χ2v) is 3.68. The normalized spacial score (nSPS) is 33.7. The predicted molar refractivity (Wildman–Crippen MR) is 55.8 cm³/mol. The highest BCUT2D eigenvalue weighted by Gasteiger charge is 2.42. The average molecular weight is 231 g/mol. The van der Waals surface area contributed by atoms with Gasteiger partial charge in [-0.05, 0) is 18.4 Å². The van der Waals surface area contributed by atoms with E-state index in [4.69, 9.17) is 20.1 Å². The van der Waals surface area contributed by atoms with Gasteiger partial charge < -0.3 is 19.7 Å². The van der Waals surface area contributed by atoms with E-state index in [0.717, 1.165) is 0 Å². The monoisotopic (exact) mass is 231 g/mol. The molecule has 0 aromatic heterocycles. The van der Waals surface area contributed by atoms with Gasteiger partial charge in [-0.2, -0.15) is 0 Å². The summed E-state index contributed by atoms with van der Waals surface area (Å²) in [7, 11) is 1.50. The Morgan fingerprint density at radius 2 is 2.25 bits per heavy atom. The van der Waals surface area contributed by atoms with E-state index >= 15 is 0 Å². The van der Waals surface area contributed by atoms with Gasteiger partial charge in [-0.25, -0.2) is 0 Å². The highest BCUT2D eigenvalue weighted by atomic mass is 16.6. The lowest BCUT2D eigenvalue weighted by molar-refractivity contribution is -0.0254. The third-order valence-corrected chi connectivity index (χ3v) is 2.70. The molecule has 1 rings (SSSR count). The molecule has 1 fully saturated rings. The molecule has 0 radical (unpaired) electrons. The summed E-state index contributed by atoms with van der Waals surface area (Å²) in [5.41, 5.74) is 8.11. The molecular formula is C9H17N3O4. The maximum Gasteiger partial charge on any atom is 0.112 e. The highest BCUT2D eigenvalue weighted by molar-refractivity contribution is 4.91. The number of rotatable bonds is 6. The molecular weight excluding hydrogens is 214 g/mol. The first-order valence-corrected chi connectivity index (χ1v) is 5.22. The second-order valence-electron chi connectivity index (χ2n) is 3.68. The van der Waals surface area contributed by atoms with E-state index in [9.17, 15) is 5.11 Å². The first-order chi connectivity index (χ1) is 7.74. The van der Waals surface area contributed by atoms with Crippen LogP contribution in [0.4, 0.5) is 0 Å². The Kier molecular flexibility index (Phi) is 5.51. The molecule has 0 aromatic rings. The summed E-state index contributed by atoms with van der Waals surface area (Å²) < 4.78 is 10.6. The molecule has 0 saturated carbocycles. The summed E-state index contributed by atoms with van der Waals surface area (Å²) in [5, 5.41) is 22.1. The number of ether oxygens (including phenoxy) is 2. The lowest BCUT2D eigenvalue weighted by Gasteiger charge is -2.18. The smallest absolute Gasteiger partial charge is 0.112 e. The van der Waals surface area contributed by atoms with Crippen LogP contribution in [0, 0.1) is 0 Å². The number of methoxy groups -OCH3 is 1. The zero-order valence-corrected chi connectivity index (χ0v) is 9.19. The number of aliphatic hydroxyl groups excluding tert-OH is 2. The summed E-state index contributed by atoms with van der Waals surface area (Å²) >= 11 is 0. The van der Waals surface area contributed by atoms with Crippen molar-refractivity contribution in [2.45, 2.75) is 37.3 Å². The molecule has 7 nitrogen and oxygen atoms in total. The fraction of sp³-hybridized carbons (Fsp3) is 1.00. The minimum absolute atomic E-state index is 0.228. The van der Waals surface area contributed by atoms with E-state index in [2.05, 4.69) is 10.0 Å². The number of hydrogen-bond acceptors (Lipinski definition) is 5. The lowest BCUT2D eigenvalue weighted by atomic mass is 10.0. The fourth-order valence-corrected chi connectivity index (χ4v) is 1.90. The van der Waals surface area contributed by atoms with Gasteiger partial charge in [-0.3, -0.25) is 0 Å². The largest absolute Gasteiger partial charge is 0.394 e. The van der Waals surface area contributed by atoms with Gasteiger partial charge in [-0.15, -0.1) is 0 Å².